The summed E-state index contributed by atoms with van der Waals surface area (Å²) < 4.78 is 0. The average molecular weight is 316 g/mol. The van der Waals surface area contributed by atoms with E-state index in [1.807, 2.05) is 23.1 Å². The molecule has 0 spiro atoms. The smallest absolute Gasteiger partial charge is 0.253 e. The molecule has 5 heteroatoms. The predicted molar refractivity (Wildman–Crippen MR) is 88.3 cm³/mol. The van der Waals surface area contributed by atoms with Crippen molar-refractivity contribution in [3.63, 3.8) is 0 Å². The number of carbonyl (C=O) groups is 2. The van der Waals surface area contributed by atoms with Gasteiger partial charge in [0.05, 0.1) is 6.10 Å². The van der Waals surface area contributed by atoms with Crippen molar-refractivity contribution in [3.8, 4) is 0 Å². The van der Waals surface area contributed by atoms with E-state index in [1.165, 1.54) is 0 Å². The van der Waals surface area contributed by atoms with Gasteiger partial charge in [-0.1, -0.05) is 6.07 Å². The molecule has 2 unspecified atom stereocenters. The van der Waals surface area contributed by atoms with E-state index < -0.39 is 0 Å². The molecule has 2 fully saturated rings. The number of anilines is 1. The van der Waals surface area contributed by atoms with Crippen LogP contribution in [0.5, 0.6) is 0 Å². The second-order valence-corrected chi connectivity index (χ2v) is 6.59. The van der Waals surface area contributed by atoms with Gasteiger partial charge in [-0.2, -0.15) is 0 Å². The van der Waals surface area contributed by atoms with Crippen LogP contribution >= 0.6 is 0 Å². The topological polar surface area (TPSA) is 60.9 Å². The Morgan fingerprint density at radius 2 is 2.13 bits per heavy atom. The number of piperidine rings is 1. The zero-order chi connectivity index (χ0) is 16.4. The first-order valence-electron chi connectivity index (χ1n) is 8.44. The average Bonchev–Trinajstić information content (AvgIpc) is 3.00. The highest BCUT2D eigenvalue weighted by atomic mass is 16.3. The van der Waals surface area contributed by atoms with Gasteiger partial charge in [-0.05, 0) is 44.4 Å². The predicted octanol–water partition coefficient (Wildman–Crippen LogP) is 2.05. The monoisotopic (exact) mass is 316 g/mol. The molecule has 0 saturated carbocycles. The maximum Gasteiger partial charge on any atom is 0.253 e. The fourth-order valence-electron chi connectivity index (χ4n) is 3.50. The molecule has 5 nitrogen and oxygen atoms in total. The molecule has 0 bridgehead atoms. The standard InChI is InChI=1S/C18H24N2O3/c1-13(21)15-6-3-9-19(12-15)18(23)14-5-2-7-16(11-14)20-10-4-8-17(20)22/h2,5,7,11,13,15,21H,3-4,6,8-10,12H2,1H3. The summed E-state index contributed by atoms with van der Waals surface area (Å²) in [6, 6.07) is 7.34. The second kappa shape index (κ2) is 6.71. The minimum atomic E-state index is -0.390. The molecule has 1 aromatic carbocycles. The number of aliphatic hydroxyl groups is 1. The summed E-state index contributed by atoms with van der Waals surface area (Å²) in [7, 11) is 0. The van der Waals surface area contributed by atoms with Crippen LogP contribution < -0.4 is 4.90 Å². The van der Waals surface area contributed by atoms with E-state index >= 15 is 0 Å². The van der Waals surface area contributed by atoms with Crippen LogP contribution in [0, 0.1) is 5.92 Å². The highest BCUT2D eigenvalue weighted by Gasteiger charge is 2.28. The first-order chi connectivity index (χ1) is 11.1. The van der Waals surface area contributed by atoms with Gasteiger partial charge in [0.25, 0.3) is 5.91 Å². The number of aliphatic hydroxyl groups excluding tert-OH is 1. The number of nitrogens with zero attached hydrogens (tertiary/aromatic N) is 2. The zero-order valence-electron chi connectivity index (χ0n) is 13.6. The lowest BCUT2D eigenvalue weighted by molar-refractivity contribution is -0.117. The summed E-state index contributed by atoms with van der Waals surface area (Å²) in [5.41, 5.74) is 1.43. The van der Waals surface area contributed by atoms with Gasteiger partial charge in [-0.3, -0.25) is 9.59 Å². The Bertz CT molecular complexity index is 600. The molecular formula is C18H24N2O3. The first kappa shape index (κ1) is 16.0. The molecule has 124 valence electrons. The van der Waals surface area contributed by atoms with Crippen LogP contribution in [0.15, 0.2) is 24.3 Å². The van der Waals surface area contributed by atoms with E-state index in [-0.39, 0.29) is 23.8 Å². The summed E-state index contributed by atoms with van der Waals surface area (Å²) in [5, 5.41) is 9.78. The Hall–Kier alpha value is -1.88. The van der Waals surface area contributed by atoms with Crippen LogP contribution in [0.1, 0.15) is 43.0 Å². The number of hydrogen-bond donors (Lipinski definition) is 1. The SMILES string of the molecule is CC(O)C1CCCN(C(=O)c2cccc(N3CCCC3=O)c2)C1. The van der Waals surface area contributed by atoms with Crippen LogP contribution in [-0.4, -0.2) is 47.6 Å². The van der Waals surface area contributed by atoms with E-state index in [0.29, 0.717) is 18.5 Å². The van der Waals surface area contributed by atoms with E-state index in [9.17, 15) is 14.7 Å². The zero-order valence-corrected chi connectivity index (χ0v) is 13.6. The minimum absolute atomic E-state index is 0.0103. The summed E-state index contributed by atoms with van der Waals surface area (Å²) in [5.74, 6) is 0.265. The van der Waals surface area contributed by atoms with Crippen molar-refractivity contribution >= 4 is 17.5 Å². The molecule has 23 heavy (non-hydrogen) atoms. The van der Waals surface area contributed by atoms with Gasteiger partial charge in [0, 0.05) is 43.2 Å². The molecular weight excluding hydrogens is 292 g/mol. The highest BCUT2D eigenvalue weighted by Crippen LogP contribution is 2.25. The highest BCUT2D eigenvalue weighted by molar-refractivity contribution is 5.99. The van der Waals surface area contributed by atoms with Gasteiger partial charge in [-0.15, -0.1) is 0 Å². The Morgan fingerprint density at radius 1 is 1.30 bits per heavy atom. The minimum Gasteiger partial charge on any atom is -0.393 e. The molecule has 2 heterocycles. The Kier molecular flexibility index (Phi) is 4.66. The Labute approximate surface area is 136 Å². The molecule has 2 saturated heterocycles. The lowest BCUT2D eigenvalue weighted by Crippen LogP contribution is -2.43. The summed E-state index contributed by atoms with van der Waals surface area (Å²) in [6.45, 7) is 3.85. The third kappa shape index (κ3) is 3.39. The maximum absolute atomic E-state index is 12.8. The number of benzene rings is 1. The molecule has 1 aromatic rings. The van der Waals surface area contributed by atoms with Crippen LogP contribution in [0.2, 0.25) is 0 Å². The van der Waals surface area contributed by atoms with Gasteiger partial charge < -0.3 is 14.9 Å². The first-order valence-corrected chi connectivity index (χ1v) is 8.44. The van der Waals surface area contributed by atoms with Gasteiger partial charge >= 0.3 is 0 Å². The third-order valence-electron chi connectivity index (χ3n) is 4.91. The summed E-state index contributed by atoms with van der Waals surface area (Å²) >= 11 is 0. The van der Waals surface area contributed by atoms with Crippen molar-refractivity contribution in [1.82, 2.24) is 4.90 Å². The molecule has 0 aromatic heterocycles. The van der Waals surface area contributed by atoms with Gasteiger partial charge in [0.1, 0.15) is 0 Å². The largest absolute Gasteiger partial charge is 0.393 e. The molecule has 2 aliphatic heterocycles. The molecule has 2 amide bonds. The van der Waals surface area contributed by atoms with Crippen LogP contribution in [0.3, 0.4) is 0 Å². The second-order valence-electron chi connectivity index (χ2n) is 6.59. The molecule has 1 N–H and O–H groups in total. The fourth-order valence-corrected chi connectivity index (χ4v) is 3.50. The number of carbonyl (C=O) groups excluding carboxylic acids is 2. The van der Waals surface area contributed by atoms with E-state index in [0.717, 1.165) is 38.0 Å². The number of likely N-dealkylation sites (tertiary alicyclic amines) is 1. The third-order valence-corrected chi connectivity index (χ3v) is 4.91. The quantitative estimate of drug-likeness (QED) is 0.928. The normalized spacial score (nSPS) is 23.2. The van der Waals surface area contributed by atoms with Gasteiger partial charge in [-0.25, -0.2) is 0 Å². The van der Waals surface area contributed by atoms with Crippen molar-refractivity contribution in [1.29, 1.82) is 0 Å². The van der Waals surface area contributed by atoms with Gasteiger partial charge in [0.2, 0.25) is 5.91 Å². The van der Waals surface area contributed by atoms with Crippen LogP contribution in [-0.2, 0) is 4.79 Å². The summed E-state index contributed by atoms with van der Waals surface area (Å²) in [4.78, 5) is 28.2. The number of hydrogen-bond acceptors (Lipinski definition) is 3. The van der Waals surface area contributed by atoms with Crippen molar-refractivity contribution in [3.05, 3.63) is 29.8 Å². The lowest BCUT2D eigenvalue weighted by Gasteiger charge is -2.34. The van der Waals surface area contributed by atoms with Crippen molar-refractivity contribution in [2.24, 2.45) is 5.92 Å². The van der Waals surface area contributed by atoms with Crippen molar-refractivity contribution in [2.45, 2.75) is 38.7 Å². The van der Waals surface area contributed by atoms with E-state index in [4.69, 9.17) is 0 Å². The van der Waals surface area contributed by atoms with Crippen LogP contribution in [0.25, 0.3) is 0 Å². The van der Waals surface area contributed by atoms with Gasteiger partial charge in [0.15, 0.2) is 0 Å². The summed E-state index contributed by atoms with van der Waals surface area (Å²) in [6.07, 6.45) is 2.95. The van der Waals surface area contributed by atoms with E-state index in [2.05, 4.69) is 0 Å². The van der Waals surface area contributed by atoms with E-state index in [1.54, 1.807) is 17.9 Å². The maximum atomic E-state index is 12.8. The van der Waals surface area contributed by atoms with Crippen molar-refractivity contribution in [2.75, 3.05) is 24.5 Å². The van der Waals surface area contributed by atoms with Crippen LogP contribution in [0.4, 0.5) is 5.69 Å². The van der Waals surface area contributed by atoms with Crippen molar-refractivity contribution < 1.29 is 14.7 Å². The Morgan fingerprint density at radius 3 is 2.83 bits per heavy atom. The number of amides is 2. The molecule has 2 aliphatic rings. The molecule has 2 atom stereocenters. The number of rotatable bonds is 3. The molecule has 0 aliphatic carbocycles. The molecule has 0 radical (unpaired) electrons. The Balaban J connectivity index is 1.76. The molecule has 3 rings (SSSR count). The lowest BCUT2D eigenvalue weighted by atomic mass is 9.93. The fraction of sp³-hybridized carbons (Fsp3) is 0.556.